The van der Waals surface area contributed by atoms with Crippen LogP contribution in [0.3, 0.4) is 0 Å². The summed E-state index contributed by atoms with van der Waals surface area (Å²) in [5.74, 6) is -0.199. The molecule has 2 heterocycles. The van der Waals surface area contributed by atoms with Crippen molar-refractivity contribution in [2.45, 2.75) is 37.9 Å². The molecule has 0 aromatic carbocycles. The summed E-state index contributed by atoms with van der Waals surface area (Å²) in [6.45, 7) is 1.33. The first-order valence-electron chi connectivity index (χ1n) is 6.44. The van der Waals surface area contributed by atoms with Gasteiger partial charge in [-0.05, 0) is 37.8 Å². The van der Waals surface area contributed by atoms with E-state index in [0.29, 0.717) is 13.0 Å². The highest BCUT2D eigenvalue weighted by atomic mass is 16.7. The van der Waals surface area contributed by atoms with Crippen LogP contribution in [0.15, 0.2) is 24.4 Å². The Morgan fingerprint density at radius 1 is 1.50 bits per heavy atom. The smallest absolute Gasteiger partial charge is 0.157 e. The van der Waals surface area contributed by atoms with E-state index in [1.54, 1.807) is 6.20 Å². The van der Waals surface area contributed by atoms with Crippen molar-refractivity contribution in [1.29, 1.82) is 5.26 Å². The van der Waals surface area contributed by atoms with Gasteiger partial charge in [0.05, 0.1) is 24.3 Å². The lowest BCUT2D eigenvalue weighted by molar-refractivity contribution is -0.162. The molecule has 4 heteroatoms. The number of nitriles is 1. The first-order chi connectivity index (χ1) is 8.90. The van der Waals surface area contributed by atoms with Crippen molar-refractivity contribution >= 4 is 0 Å². The van der Waals surface area contributed by atoms with Gasteiger partial charge in [0.25, 0.3) is 0 Å². The molecule has 1 aromatic rings. The summed E-state index contributed by atoms with van der Waals surface area (Å²) in [6, 6.07) is 7.90. The first-order valence-corrected chi connectivity index (χ1v) is 6.44. The van der Waals surface area contributed by atoms with Gasteiger partial charge in [-0.2, -0.15) is 5.26 Å². The van der Waals surface area contributed by atoms with E-state index in [-0.39, 0.29) is 12.2 Å². The number of aromatic nitrogens is 1. The molecule has 1 aromatic heterocycles. The average Bonchev–Trinajstić information content (AvgIpc) is 2.46. The van der Waals surface area contributed by atoms with E-state index in [4.69, 9.17) is 14.7 Å². The van der Waals surface area contributed by atoms with E-state index in [1.165, 1.54) is 0 Å². The zero-order valence-corrected chi connectivity index (χ0v) is 10.4. The Balaban J connectivity index is 1.76. The average molecular weight is 246 g/mol. The van der Waals surface area contributed by atoms with Crippen LogP contribution >= 0.6 is 0 Å². The Morgan fingerprint density at radius 3 is 3.11 bits per heavy atom. The number of nitrogens with zero attached hydrogens (tertiary/aromatic N) is 2. The van der Waals surface area contributed by atoms with Gasteiger partial charge >= 0.3 is 0 Å². The quantitative estimate of drug-likeness (QED) is 0.801. The van der Waals surface area contributed by atoms with Crippen LogP contribution < -0.4 is 0 Å². The number of hydrogen-bond acceptors (Lipinski definition) is 4. The molecule has 1 aliphatic heterocycles. The highest BCUT2D eigenvalue weighted by Gasteiger charge is 2.16. The topological polar surface area (TPSA) is 55.1 Å². The fourth-order valence-electron chi connectivity index (χ4n) is 2.02. The predicted molar refractivity (Wildman–Crippen MR) is 66.8 cm³/mol. The van der Waals surface area contributed by atoms with Crippen LogP contribution in [0.1, 0.15) is 37.3 Å². The Hall–Kier alpha value is -1.44. The van der Waals surface area contributed by atoms with Gasteiger partial charge in [-0.3, -0.25) is 4.98 Å². The zero-order valence-electron chi connectivity index (χ0n) is 10.4. The predicted octanol–water partition coefficient (Wildman–Crippen LogP) is 2.62. The van der Waals surface area contributed by atoms with Crippen LogP contribution in [0.4, 0.5) is 0 Å². The Kier molecular flexibility index (Phi) is 5.13. The summed E-state index contributed by atoms with van der Waals surface area (Å²) in [5, 5.41) is 9.14. The van der Waals surface area contributed by atoms with Gasteiger partial charge < -0.3 is 9.47 Å². The van der Waals surface area contributed by atoms with Crippen LogP contribution in [0.2, 0.25) is 0 Å². The molecule has 0 saturated carbocycles. The van der Waals surface area contributed by atoms with Crippen LogP contribution in [0.25, 0.3) is 0 Å². The molecule has 18 heavy (non-hydrogen) atoms. The summed E-state index contributed by atoms with van der Waals surface area (Å²) in [6.07, 6.45) is 5.53. The third-order valence-electron chi connectivity index (χ3n) is 3.05. The van der Waals surface area contributed by atoms with Gasteiger partial charge in [0.1, 0.15) is 0 Å². The Labute approximate surface area is 108 Å². The number of hydrogen-bond donors (Lipinski definition) is 0. The SMILES string of the molecule is N#CC(CCOC1CCCCO1)c1ccccn1. The number of rotatable bonds is 5. The largest absolute Gasteiger partial charge is 0.353 e. The molecule has 0 aliphatic carbocycles. The summed E-state index contributed by atoms with van der Waals surface area (Å²) < 4.78 is 11.1. The van der Waals surface area contributed by atoms with Crippen molar-refractivity contribution in [1.82, 2.24) is 4.98 Å². The van der Waals surface area contributed by atoms with Gasteiger partial charge in [-0.1, -0.05) is 6.07 Å². The highest BCUT2D eigenvalue weighted by molar-refractivity contribution is 5.16. The van der Waals surface area contributed by atoms with E-state index in [9.17, 15) is 0 Å². The standard InChI is InChI=1S/C14H18N2O2/c15-11-12(13-5-1-3-8-16-13)7-10-18-14-6-2-4-9-17-14/h1,3,5,8,12,14H,2,4,6-7,9-10H2. The number of pyridine rings is 1. The van der Waals surface area contributed by atoms with Crippen LogP contribution in [-0.2, 0) is 9.47 Å². The minimum Gasteiger partial charge on any atom is -0.353 e. The Morgan fingerprint density at radius 2 is 2.44 bits per heavy atom. The van der Waals surface area contributed by atoms with Crippen molar-refractivity contribution in [3.05, 3.63) is 30.1 Å². The lowest BCUT2D eigenvalue weighted by Crippen LogP contribution is -2.23. The van der Waals surface area contributed by atoms with E-state index in [0.717, 1.165) is 31.6 Å². The minimum absolute atomic E-state index is 0.0816. The molecule has 2 atom stereocenters. The maximum atomic E-state index is 9.14. The minimum atomic E-state index is -0.199. The molecule has 2 unspecified atom stereocenters. The van der Waals surface area contributed by atoms with Crippen LogP contribution in [0.5, 0.6) is 0 Å². The van der Waals surface area contributed by atoms with Crippen molar-refractivity contribution in [3.63, 3.8) is 0 Å². The van der Waals surface area contributed by atoms with Crippen LogP contribution in [-0.4, -0.2) is 24.5 Å². The summed E-state index contributed by atoms with van der Waals surface area (Å²) in [5.41, 5.74) is 0.813. The lowest BCUT2D eigenvalue weighted by Gasteiger charge is -2.23. The summed E-state index contributed by atoms with van der Waals surface area (Å²) in [4.78, 5) is 4.21. The molecular weight excluding hydrogens is 228 g/mol. The maximum Gasteiger partial charge on any atom is 0.157 e. The monoisotopic (exact) mass is 246 g/mol. The molecule has 1 aliphatic rings. The second-order valence-corrected chi connectivity index (χ2v) is 4.39. The van der Waals surface area contributed by atoms with Gasteiger partial charge in [0, 0.05) is 12.8 Å². The molecular formula is C14H18N2O2. The summed E-state index contributed by atoms with van der Waals surface area (Å²) >= 11 is 0. The van der Waals surface area contributed by atoms with Gasteiger partial charge in [-0.15, -0.1) is 0 Å². The summed E-state index contributed by atoms with van der Waals surface area (Å²) in [7, 11) is 0. The third kappa shape index (κ3) is 3.80. The molecule has 0 bridgehead atoms. The number of ether oxygens (including phenoxy) is 2. The molecule has 1 fully saturated rings. The van der Waals surface area contributed by atoms with Crippen LogP contribution in [0, 0.1) is 11.3 Å². The first kappa shape index (κ1) is 13.0. The van der Waals surface area contributed by atoms with Gasteiger partial charge in [0.2, 0.25) is 0 Å². The molecule has 0 amide bonds. The maximum absolute atomic E-state index is 9.14. The van der Waals surface area contributed by atoms with Crippen molar-refractivity contribution in [3.8, 4) is 6.07 Å². The molecule has 1 saturated heterocycles. The third-order valence-corrected chi connectivity index (χ3v) is 3.05. The molecule has 96 valence electrons. The van der Waals surface area contributed by atoms with Crippen molar-refractivity contribution in [2.75, 3.05) is 13.2 Å². The van der Waals surface area contributed by atoms with E-state index in [2.05, 4.69) is 11.1 Å². The zero-order chi connectivity index (χ0) is 12.6. The van der Waals surface area contributed by atoms with E-state index >= 15 is 0 Å². The highest BCUT2D eigenvalue weighted by Crippen LogP contribution is 2.18. The molecule has 0 radical (unpaired) electrons. The fourth-order valence-corrected chi connectivity index (χ4v) is 2.02. The Bertz CT molecular complexity index is 383. The molecule has 0 spiro atoms. The van der Waals surface area contributed by atoms with Crippen molar-refractivity contribution < 1.29 is 9.47 Å². The normalized spacial score (nSPS) is 21.2. The van der Waals surface area contributed by atoms with E-state index in [1.807, 2.05) is 18.2 Å². The van der Waals surface area contributed by atoms with Gasteiger partial charge in [0.15, 0.2) is 6.29 Å². The fraction of sp³-hybridized carbons (Fsp3) is 0.571. The lowest BCUT2D eigenvalue weighted by atomic mass is 10.0. The molecule has 2 rings (SSSR count). The molecule has 0 N–H and O–H groups in total. The van der Waals surface area contributed by atoms with Gasteiger partial charge in [-0.25, -0.2) is 0 Å². The second-order valence-electron chi connectivity index (χ2n) is 4.39. The molecule has 4 nitrogen and oxygen atoms in total. The van der Waals surface area contributed by atoms with E-state index < -0.39 is 0 Å². The van der Waals surface area contributed by atoms with Crippen molar-refractivity contribution in [2.24, 2.45) is 0 Å². The second kappa shape index (κ2) is 7.10.